The molecule has 3 aromatic rings. The van der Waals surface area contributed by atoms with Gasteiger partial charge in [0.15, 0.2) is 0 Å². The highest BCUT2D eigenvalue weighted by molar-refractivity contribution is 7.92. The van der Waals surface area contributed by atoms with Crippen molar-refractivity contribution in [3.8, 4) is 5.75 Å². The quantitative estimate of drug-likeness (QED) is 0.281. The molecule has 0 bridgehead atoms. The standard InChI is InChI=1S/C30H35Cl2N3O5S/c1-20(2)17-33-30(37)22(4)34(18-23-8-10-24(31)11-9-23)29(36)19-35(25-12-15-28(40-5)27(32)16-25)41(38,39)26-13-6-21(3)7-14-26/h6-16,20,22H,17-19H2,1-5H3,(H,33,37)/t22-/m0/s1. The monoisotopic (exact) mass is 619 g/mol. The van der Waals surface area contributed by atoms with Gasteiger partial charge in [0.25, 0.3) is 10.0 Å². The lowest BCUT2D eigenvalue weighted by Crippen LogP contribution is -2.51. The molecule has 3 rings (SSSR count). The minimum absolute atomic E-state index is 0.00909. The fraction of sp³-hybridized carbons (Fsp3) is 0.333. The van der Waals surface area contributed by atoms with Crippen LogP contribution in [0.25, 0.3) is 0 Å². The van der Waals surface area contributed by atoms with Crippen LogP contribution in [0.3, 0.4) is 0 Å². The van der Waals surface area contributed by atoms with E-state index >= 15 is 0 Å². The number of amides is 2. The van der Waals surface area contributed by atoms with Gasteiger partial charge in [0, 0.05) is 18.1 Å². The number of hydrogen-bond donors (Lipinski definition) is 1. The number of hydrogen-bond acceptors (Lipinski definition) is 5. The van der Waals surface area contributed by atoms with Gasteiger partial charge in [0.1, 0.15) is 18.3 Å². The van der Waals surface area contributed by atoms with Crippen LogP contribution in [0, 0.1) is 12.8 Å². The SMILES string of the molecule is COc1ccc(N(CC(=O)N(Cc2ccc(Cl)cc2)[C@@H](C)C(=O)NCC(C)C)S(=O)(=O)c2ccc(C)cc2)cc1Cl. The second kappa shape index (κ2) is 14.1. The molecule has 1 N–H and O–H groups in total. The molecule has 0 aliphatic rings. The summed E-state index contributed by atoms with van der Waals surface area (Å²) in [4.78, 5) is 28.4. The van der Waals surface area contributed by atoms with Gasteiger partial charge in [-0.25, -0.2) is 8.42 Å². The van der Waals surface area contributed by atoms with Crippen LogP contribution in [0.5, 0.6) is 5.75 Å². The van der Waals surface area contributed by atoms with Crippen molar-refractivity contribution in [2.24, 2.45) is 5.92 Å². The first-order chi connectivity index (χ1) is 19.3. The van der Waals surface area contributed by atoms with E-state index in [0.717, 1.165) is 15.4 Å². The van der Waals surface area contributed by atoms with Crippen molar-refractivity contribution < 1.29 is 22.7 Å². The Labute approximate surface area is 252 Å². The Balaban J connectivity index is 2.04. The number of nitrogens with zero attached hydrogens (tertiary/aromatic N) is 2. The summed E-state index contributed by atoms with van der Waals surface area (Å²) in [6, 6.07) is 16.8. The zero-order chi connectivity index (χ0) is 30.3. The average Bonchev–Trinajstić information content (AvgIpc) is 2.93. The Morgan fingerprint density at radius 1 is 0.951 bits per heavy atom. The maximum atomic E-state index is 14.0. The van der Waals surface area contributed by atoms with Gasteiger partial charge >= 0.3 is 0 Å². The van der Waals surface area contributed by atoms with Gasteiger partial charge in [0.2, 0.25) is 11.8 Å². The molecular weight excluding hydrogens is 585 g/mol. The van der Waals surface area contributed by atoms with Crippen molar-refractivity contribution in [2.45, 2.75) is 45.2 Å². The van der Waals surface area contributed by atoms with Gasteiger partial charge in [0.05, 0.1) is 22.7 Å². The maximum absolute atomic E-state index is 14.0. The maximum Gasteiger partial charge on any atom is 0.264 e. The van der Waals surface area contributed by atoms with E-state index in [1.54, 1.807) is 43.3 Å². The molecule has 2 amide bonds. The highest BCUT2D eigenvalue weighted by Crippen LogP contribution is 2.32. The predicted molar refractivity (Wildman–Crippen MR) is 163 cm³/mol. The van der Waals surface area contributed by atoms with Crippen LogP contribution < -0.4 is 14.4 Å². The Kier molecular flexibility index (Phi) is 11.1. The van der Waals surface area contributed by atoms with Crippen molar-refractivity contribution in [3.63, 3.8) is 0 Å². The number of aryl methyl sites for hydroxylation is 1. The largest absolute Gasteiger partial charge is 0.495 e. The second-order valence-corrected chi connectivity index (χ2v) is 12.8. The van der Waals surface area contributed by atoms with E-state index in [0.29, 0.717) is 17.3 Å². The Morgan fingerprint density at radius 2 is 1.59 bits per heavy atom. The van der Waals surface area contributed by atoms with Gasteiger partial charge in [-0.05, 0) is 67.8 Å². The van der Waals surface area contributed by atoms with Crippen LogP contribution in [0.2, 0.25) is 10.0 Å². The average molecular weight is 621 g/mol. The topological polar surface area (TPSA) is 96.0 Å². The zero-order valence-electron chi connectivity index (χ0n) is 23.7. The molecule has 0 aliphatic carbocycles. The van der Waals surface area contributed by atoms with Crippen molar-refractivity contribution in [2.75, 3.05) is 24.5 Å². The van der Waals surface area contributed by atoms with Crippen LogP contribution >= 0.6 is 23.2 Å². The molecule has 11 heteroatoms. The minimum Gasteiger partial charge on any atom is -0.495 e. The Bertz CT molecular complexity index is 1460. The number of carbonyl (C=O) groups excluding carboxylic acids is 2. The molecule has 8 nitrogen and oxygen atoms in total. The van der Waals surface area contributed by atoms with Crippen molar-refractivity contribution in [1.29, 1.82) is 0 Å². The van der Waals surface area contributed by atoms with Gasteiger partial charge in [-0.1, -0.05) is 66.9 Å². The molecule has 41 heavy (non-hydrogen) atoms. The summed E-state index contributed by atoms with van der Waals surface area (Å²) < 4.78 is 34.1. The number of methoxy groups -OCH3 is 1. The van der Waals surface area contributed by atoms with Gasteiger partial charge in [-0.15, -0.1) is 0 Å². The Morgan fingerprint density at radius 3 is 2.15 bits per heavy atom. The predicted octanol–water partition coefficient (Wildman–Crippen LogP) is 5.70. The number of nitrogens with one attached hydrogen (secondary N) is 1. The molecule has 0 unspecified atom stereocenters. The third-order valence-electron chi connectivity index (χ3n) is 6.43. The summed E-state index contributed by atoms with van der Waals surface area (Å²) in [6.07, 6.45) is 0. The van der Waals surface area contributed by atoms with E-state index in [1.807, 2.05) is 20.8 Å². The third kappa shape index (κ3) is 8.38. The lowest BCUT2D eigenvalue weighted by Gasteiger charge is -2.32. The summed E-state index contributed by atoms with van der Waals surface area (Å²) >= 11 is 12.4. The van der Waals surface area contributed by atoms with E-state index in [-0.39, 0.29) is 34.0 Å². The minimum atomic E-state index is -4.21. The van der Waals surface area contributed by atoms with Crippen LogP contribution in [-0.4, -0.2) is 51.4 Å². The smallest absolute Gasteiger partial charge is 0.264 e. The van der Waals surface area contributed by atoms with Crippen molar-refractivity contribution in [1.82, 2.24) is 10.2 Å². The lowest BCUT2D eigenvalue weighted by atomic mass is 10.1. The first kappa shape index (κ1) is 32.2. The molecule has 3 aromatic carbocycles. The van der Waals surface area contributed by atoms with Crippen LogP contribution in [0.15, 0.2) is 71.6 Å². The van der Waals surface area contributed by atoms with Gasteiger partial charge in [-0.2, -0.15) is 0 Å². The molecular formula is C30H35Cl2N3O5S. The number of halogens is 2. The molecule has 0 saturated heterocycles. The fourth-order valence-corrected chi connectivity index (χ4v) is 5.78. The molecule has 1 atom stereocenters. The fourth-order valence-electron chi connectivity index (χ4n) is 4.00. The summed E-state index contributed by atoms with van der Waals surface area (Å²) in [5.41, 5.74) is 1.79. The normalized spacial score (nSPS) is 12.1. The number of sulfonamides is 1. The highest BCUT2D eigenvalue weighted by Gasteiger charge is 2.33. The molecule has 0 radical (unpaired) electrons. The Hall–Kier alpha value is -3.27. The summed E-state index contributed by atoms with van der Waals surface area (Å²) in [6.45, 7) is 7.32. The zero-order valence-corrected chi connectivity index (χ0v) is 26.1. The number of benzene rings is 3. The first-order valence-electron chi connectivity index (χ1n) is 13.1. The van der Waals surface area contributed by atoms with Crippen molar-refractivity contribution >= 4 is 50.7 Å². The summed E-state index contributed by atoms with van der Waals surface area (Å²) in [7, 11) is -2.76. The molecule has 0 saturated carbocycles. The van der Waals surface area contributed by atoms with Gasteiger partial charge < -0.3 is 15.0 Å². The molecule has 0 aliphatic heterocycles. The lowest BCUT2D eigenvalue weighted by molar-refractivity contribution is -0.139. The van der Waals surface area contributed by atoms with E-state index < -0.39 is 28.5 Å². The van der Waals surface area contributed by atoms with Crippen LogP contribution in [0.1, 0.15) is 31.9 Å². The number of anilines is 1. The van der Waals surface area contributed by atoms with E-state index in [1.165, 1.54) is 42.3 Å². The summed E-state index contributed by atoms with van der Waals surface area (Å²) in [5, 5.41) is 3.57. The van der Waals surface area contributed by atoms with E-state index in [2.05, 4.69) is 5.32 Å². The highest BCUT2D eigenvalue weighted by atomic mass is 35.5. The first-order valence-corrected chi connectivity index (χ1v) is 15.3. The number of carbonyl (C=O) groups is 2. The molecule has 0 aromatic heterocycles. The van der Waals surface area contributed by atoms with E-state index in [4.69, 9.17) is 27.9 Å². The number of rotatable bonds is 12. The van der Waals surface area contributed by atoms with E-state index in [9.17, 15) is 18.0 Å². The van der Waals surface area contributed by atoms with Gasteiger partial charge in [-0.3, -0.25) is 13.9 Å². The number of ether oxygens (including phenoxy) is 1. The third-order valence-corrected chi connectivity index (χ3v) is 8.76. The molecule has 0 fully saturated rings. The summed E-state index contributed by atoms with van der Waals surface area (Å²) in [5.74, 6) is -0.355. The second-order valence-electron chi connectivity index (χ2n) is 10.1. The molecule has 0 spiro atoms. The van der Waals surface area contributed by atoms with Crippen LogP contribution in [0.4, 0.5) is 5.69 Å². The molecule has 220 valence electrons. The van der Waals surface area contributed by atoms with Crippen molar-refractivity contribution in [3.05, 3.63) is 87.9 Å². The molecule has 0 heterocycles. The van der Waals surface area contributed by atoms with Crippen LogP contribution in [-0.2, 0) is 26.2 Å².